The van der Waals surface area contributed by atoms with Crippen molar-refractivity contribution in [3.8, 4) is 0 Å². The average molecular weight is 400 g/mol. The molecule has 0 aliphatic rings. The van der Waals surface area contributed by atoms with E-state index in [9.17, 15) is 13.5 Å². The van der Waals surface area contributed by atoms with Crippen molar-refractivity contribution < 1.29 is 37.0 Å². The van der Waals surface area contributed by atoms with Crippen molar-refractivity contribution in [2.45, 2.75) is 53.4 Å². The molecule has 25 heavy (non-hydrogen) atoms. The van der Waals surface area contributed by atoms with Gasteiger partial charge in [-0.05, 0) is 52.5 Å². The highest BCUT2D eigenvalue weighted by Crippen LogP contribution is 2.57. The van der Waals surface area contributed by atoms with Gasteiger partial charge in [-0.1, -0.05) is 23.3 Å². The van der Waals surface area contributed by atoms with Gasteiger partial charge in [0.05, 0.1) is 12.4 Å². The van der Waals surface area contributed by atoms with E-state index >= 15 is 0 Å². The van der Waals surface area contributed by atoms with E-state index in [1.807, 2.05) is 19.9 Å². The first-order valence-corrected chi connectivity index (χ1v) is 10.7. The fourth-order valence-electron chi connectivity index (χ4n) is 1.77. The topological polar surface area (TPSA) is 113 Å². The number of rotatable bonds is 11. The Balaban J connectivity index is 4.38. The quantitative estimate of drug-likeness (QED) is 0.333. The van der Waals surface area contributed by atoms with Gasteiger partial charge in [0, 0.05) is 6.42 Å². The molecule has 0 aliphatic heterocycles. The zero-order valence-electron chi connectivity index (χ0n) is 14.9. The van der Waals surface area contributed by atoms with Crippen LogP contribution in [0.3, 0.4) is 0 Å². The Kier molecular flexibility index (Phi) is 10.9. The Morgan fingerprint density at radius 2 is 1.60 bits per heavy atom. The molecule has 0 spiro atoms. The second-order valence-corrected chi connectivity index (χ2v) is 8.72. The van der Waals surface area contributed by atoms with Crippen molar-refractivity contribution in [2.24, 2.45) is 0 Å². The van der Waals surface area contributed by atoms with E-state index in [-0.39, 0.29) is 18.9 Å². The summed E-state index contributed by atoms with van der Waals surface area (Å²) in [5.41, 5.74) is 2.59. The minimum Gasteiger partial charge on any atom is -0.302 e. The SMILES string of the molecule is CC(C)=CCCC(C)=C(F)CCC(C)=CCOP(=O)(O)OP(=O)(O)O. The van der Waals surface area contributed by atoms with E-state index in [0.29, 0.717) is 24.0 Å². The number of halogens is 1. The summed E-state index contributed by atoms with van der Waals surface area (Å²) in [6.07, 6.45) is 5.51. The fraction of sp³-hybridized carbons (Fsp3) is 0.600. The molecule has 0 fully saturated rings. The largest absolute Gasteiger partial charge is 0.481 e. The highest BCUT2D eigenvalue weighted by Gasteiger charge is 2.31. The van der Waals surface area contributed by atoms with Gasteiger partial charge in [-0.3, -0.25) is 4.52 Å². The van der Waals surface area contributed by atoms with Gasteiger partial charge in [-0.15, -0.1) is 0 Å². The van der Waals surface area contributed by atoms with Crippen LogP contribution in [0.1, 0.15) is 53.4 Å². The van der Waals surface area contributed by atoms with Gasteiger partial charge in [0.25, 0.3) is 0 Å². The Hall–Kier alpha value is -0.590. The lowest BCUT2D eigenvalue weighted by molar-refractivity contribution is 0.191. The minimum absolute atomic E-state index is 0.187. The number of allylic oxidation sites excluding steroid dienone is 5. The van der Waals surface area contributed by atoms with Crippen LogP contribution in [0.2, 0.25) is 0 Å². The molecule has 0 aliphatic carbocycles. The molecule has 146 valence electrons. The van der Waals surface area contributed by atoms with E-state index < -0.39 is 15.6 Å². The van der Waals surface area contributed by atoms with Gasteiger partial charge in [-0.25, -0.2) is 13.5 Å². The highest BCUT2D eigenvalue weighted by atomic mass is 31.3. The lowest BCUT2D eigenvalue weighted by Crippen LogP contribution is -1.95. The van der Waals surface area contributed by atoms with E-state index in [1.54, 1.807) is 13.8 Å². The third kappa shape index (κ3) is 14.3. The van der Waals surface area contributed by atoms with Crippen molar-refractivity contribution in [2.75, 3.05) is 6.61 Å². The number of phosphoric acid groups is 2. The molecule has 0 heterocycles. The van der Waals surface area contributed by atoms with Crippen LogP contribution in [0.5, 0.6) is 0 Å². The standard InChI is InChI=1S/C15H27FO7P2/c1-12(2)6-5-7-14(4)15(16)9-8-13(3)10-11-22-25(20,21)23-24(17,18)19/h6,10H,5,7-9,11H2,1-4H3,(H,20,21)(H2,17,18,19). The third-order valence-electron chi connectivity index (χ3n) is 3.15. The second kappa shape index (κ2) is 11.2. The number of hydrogen-bond donors (Lipinski definition) is 3. The first-order chi connectivity index (χ1) is 11.3. The molecule has 0 amide bonds. The molecule has 3 N–H and O–H groups in total. The molecule has 7 nitrogen and oxygen atoms in total. The van der Waals surface area contributed by atoms with Crippen molar-refractivity contribution in [1.29, 1.82) is 0 Å². The first-order valence-electron chi connectivity index (χ1n) is 7.70. The fourth-order valence-corrected chi connectivity index (χ4v) is 3.29. The van der Waals surface area contributed by atoms with Gasteiger partial charge in [0.15, 0.2) is 0 Å². The Bertz CT molecular complexity index is 615. The third-order valence-corrected chi connectivity index (χ3v) is 5.30. The monoisotopic (exact) mass is 400 g/mol. The number of hydrogen-bond acceptors (Lipinski definition) is 4. The maximum Gasteiger partial charge on any atom is 0.481 e. The predicted octanol–water partition coefficient (Wildman–Crippen LogP) is 4.93. The maximum absolute atomic E-state index is 14.0. The Morgan fingerprint density at radius 1 is 1.00 bits per heavy atom. The summed E-state index contributed by atoms with van der Waals surface area (Å²) in [4.78, 5) is 26.0. The van der Waals surface area contributed by atoms with E-state index in [1.165, 1.54) is 11.6 Å². The summed E-state index contributed by atoms with van der Waals surface area (Å²) in [5, 5.41) is 0. The molecule has 1 unspecified atom stereocenters. The molecule has 10 heteroatoms. The van der Waals surface area contributed by atoms with E-state index in [2.05, 4.69) is 8.83 Å². The number of phosphoric ester groups is 1. The Morgan fingerprint density at radius 3 is 2.12 bits per heavy atom. The van der Waals surface area contributed by atoms with Crippen molar-refractivity contribution >= 4 is 15.6 Å². The van der Waals surface area contributed by atoms with Crippen LogP contribution >= 0.6 is 15.6 Å². The predicted molar refractivity (Wildman–Crippen MR) is 94.4 cm³/mol. The summed E-state index contributed by atoms with van der Waals surface area (Å²) < 4.78 is 43.8. The van der Waals surface area contributed by atoms with Gasteiger partial charge < -0.3 is 14.7 Å². The minimum atomic E-state index is -5.12. The van der Waals surface area contributed by atoms with E-state index in [0.717, 1.165) is 6.42 Å². The molecule has 0 radical (unpaired) electrons. The molecular weight excluding hydrogens is 373 g/mol. The lowest BCUT2D eigenvalue weighted by Gasteiger charge is -2.11. The first kappa shape index (κ1) is 24.4. The zero-order valence-corrected chi connectivity index (χ0v) is 16.7. The summed E-state index contributed by atoms with van der Waals surface area (Å²) in [7, 11) is -9.96. The molecule has 0 bridgehead atoms. The molecule has 0 rings (SSSR count). The van der Waals surface area contributed by atoms with Crippen molar-refractivity contribution in [1.82, 2.24) is 0 Å². The van der Waals surface area contributed by atoms with E-state index in [4.69, 9.17) is 14.7 Å². The van der Waals surface area contributed by atoms with Gasteiger partial charge in [-0.2, -0.15) is 4.31 Å². The molecule has 0 saturated heterocycles. The van der Waals surface area contributed by atoms with Crippen LogP contribution in [0, 0.1) is 0 Å². The van der Waals surface area contributed by atoms with Gasteiger partial charge in [0.1, 0.15) is 0 Å². The molecule has 0 aromatic heterocycles. The summed E-state index contributed by atoms with van der Waals surface area (Å²) in [5.74, 6) is -0.187. The van der Waals surface area contributed by atoms with Crippen molar-refractivity contribution in [3.63, 3.8) is 0 Å². The van der Waals surface area contributed by atoms with Crippen LogP contribution in [0.25, 0.3) is 0 Å². The van der Waals surface area contributed by atoms with Crippen molar-refractivity contribution in [3.05, 3.63) is 34.7 Å². The second-order valence-electron chi connectivity index (χ2n) is 5.89. The summed E-state index contributed by atoms with van der Waals surface area (Å²) in [6, 6.07) is 0. The average Bonchev–Trinajstić information content (AvgIpc) is 2.41. The summed E-state index contributed by atoms with van der Waals surface area (Å²) >= 11 is 0. The summed E-state index contributed by atoms with van der Waals surface area (Å²) in [6.45, 7) is 7.03. The zero-order chi connectivity index (χ0) is 19.7. The molecule has 0 aromatic rings. The van der Waals surface area contributed by atoms with Crippen LogP contribution in [-0.2, 0) is 18.0 Å². The normalized spacial score (nSPS) is 16.2. The van der Waals surface area contributed by atoms with Crippen LogP contribution in [-0.4, -0.2) is 21.3 Å². The molecule has 0 saturated carbocycles. The molecule has 0 aromatic carbocycles. The van der Waals surface area contributed by atoms with Crippen LogP contribution in [0.15, 0.2) is 34.7 Å². The van der Waals surface area contributed by atoms with Crippen LogP contribution < -0.4 is 0 Å². The van der Waals surface area contributed by atoms with Gasteiger partial charge in [0.2, 0.25) is 0 Å². The highest BCUT2D eigenvalue weighted by molar-refractivity contribution is 7.60. The molecule has 1 atom stereocenters. The lowest BCUT2D eigenvalue weighted by atomic mass is 10.1. The Labute approximate surface area is 148 Å². The smallest absolute Gasteiger partial charge is 0.302 e. The van der Waals surface area contributed by atoms with Gasteiger partial charge >= 0.3 is 15.6 Å². The molecular formula is C15H27FO7P2. The van der Waals surface area contributed by atoms with Crippen LogP contribution in [0.4, 0.5) is 4.39 Å². The maximum atomic E-state index is 14.0.